The van der Waals surface area contributed by atoms with Crippen LogP contribution < -0.4 is 10.6 Å². The lowest BCUT2D eigenvalue weighted by Crippen LogP contribution is -2.18. The summed E-state index contributed by atoms with van der Waals surface area (Å²) in [6.07, 6.45) is 4.37. The molecule has 0 saturated carbocycles. The van der Waals surface area contributed by atoms with Crippen molar-refractivity contribution in [2.45, 2.75) is 9.79 Å². The van der Waals surface area contributed by atoms with Gasteiger partial charge in [0.25, 0.3) is 5.91 Å². The Hall–Kier alpha value is -3.95. The zero-order valence-electron chi connectivity index (χ0n) is 19.4. The number of nitrogens with zero attached hydrogens (tertiary/aromatic N) is 1. The van der Waals surface area contributed by atoms with Gasteiger partial charge in [-0.2, -0.15) is 0 Å². The van der Waals surface area contributed by atoms with Crippen molar-refractivity contribution in [3.63, 3.8) is 0 Å². The minimum atomic E-state index is -0.655. The summed E-state index contributed by atoms with van der Waals surface area (Å²) < 4.78 is 10.1. The summed E-state index contributed by atoms with van der Waals surface area (Å²) in [5.74, 6) is -0.189. The van der Waals surface area contributed by atoms with Gasteiger partial charge in [-0.3, -0.25) is 15.1 Å². The number of pyridine rings is 1. The zero-order valence-corrected chi connectivity index (χ0v) is 20.2. The van der Waals surface area contributed by atoms with Crippen molar-refractivity contribution in [1.29, 1.82) is 5.41 Å². The molecule has 0 aliphatic carbocycles. The van der Waals surface area contributed by atoms with Crippen LogP contribution in [0.3, 0.4) is 0 Å². The fraction of sp³-hybridized carbons (Fsp3) is 0.154. The lowest BCUT2D eigenvalue weighted by molar-refractivity contribution is 0.0960. The topological polar surface area (TPSA) is 113 Å². The quantitative estimate of drug-likeness (QED) is 0.276. The molecule has 0 spiro atoms. The normalized spacial score (nSPS) is 10.7. The number of hydrogen-bond acceptors (Lipinski definition) is 7. The number of carbonyl (C=O) groups is 2. The molecule has 0 fully saturated rings. The smallest absolute Gasteiger partial charge is 0.411 e. The second-order valence-corrected chi connectivity index (χ2v) is 8.26. The van der Waals surface area contributed by atoms with Crippen LogP contribution in [0.5, 0.6) is 0 Å². The first-order valence-corrected chi connectivity index (χ1v) is 11.6. The third-order valence-corrected chi connectivity index (χ3v) is 5.80. The van der Waals surface area contributed by atoms with E-state index in [4.69, 9.17) is 14.9 Å². The van der Waals surface area contributed by atoms with Gasteiger partial charge in [0.05, 0.1) is 29.3 Å². The molecule has 0 bridgehead atoms. The lowest BCUT2D eigenvalue weighted by atomic mass is 10.1. The second kappa shape index (κ2) is 13.1. The van der Waals surface area contributed by atoms with Gasteiger partial charge in [0.2, 0.25) is 0 Å². The van der Waals surface area contributed by atoms with E-state index in [-0.39, 0.29) is 24.8 Å². The van der Waals surface area contributed by atoms with E-state index in [1.54, 1.807) is 49.7 Å². The number of benzene rings is 2. The Bertz CT molecular complexity index is 1210. The predicted molar refractivity (Wildman–Crippen MR) is 137 cm³/mol. The number of aromatic nitrogens is 1. The monoisotopic (exact) mass is 490 g/mol. The highest BCUT2D eigenvalue weighted by Gasteiger charge is 2.15. The first-order valence-electron chi connectivity index (χ1n) is 10.8. The summed E-state index contributed by atoms with van der Waals surface area (Å²) in [5, 5.41) is 13.9. The Morgan fingerprint density at radius 3 is 2.60 bits per heavy atom. The first kappa shape index (κ1) is 25.7. The number of allylic oxidation sites excluding steroid dienone is 1. The Kier molecular flexibility index (Phi) is 9.58. The average molecular weight is 491 g/mol. The number of hydrogen-bond donors (Lipinski definition) is 3. The van der Waals surface area contributed by atoms with E-state index in [0.717, 1.165) is 9.79 Å². The number of rotatable bonds is 10. The summed E-state index contributed by atoms with van der Waals surface area (Å²) in [6, 6.07) is 18.1. The maximum atomic E-state index is 12.3. The SMILES string of the molecule is CNC(=O)c1ccccc1Sc1ccc(C(=N)/C=C/c2ccccn2)c(NC(=O)OCCOC)c1. The van der Waals surface area contributed by atoms with Crippen LogP contribution >= 0.6 is 11.8 Å². The van der Waals surface area contributed by atoms with E-state index in [1.165, 1.54) is 18.9 Å². The van der Waals surface area contributed by atoms with Crippen molar-refractivity contribution < 1.29 is 19.1 Å². The molecule has 2 amide bonds. The summed E-state index contributed by atoms with van der Waals surface area (Å²) in [4.78, 5) is 30.4. The van der Waals surface area contributed by atoms with Crippen LogP contribution in [0.2, 0.25) is 0 Å². The van der Waals surface area contributed by atoms with E-state index >= 15 is 0 Å². The van der Waals surface area contributed by atoms with Crippen LogP contribution in [0, 0.1) is 5.41 Å². The fourth-order valence-corrected chi connectivity index (χ4v) is 4.01. The van der Waals surface area contributed by atoms with E-state index in [2.05, 4.69) is 15.6 Å². The third kappa shape index (κ3) is 7.53. The van der Waals surface area contributed by atoms with Crippen LogP contribution in [0.4, 0.5) is 10.5 Å². The highest BCUT2D eigenvalue weighted by Crippen LogP contribution is 2.33. The van der Waals surface area contributed by atoms with Crippen molar-refractivity contribution in [2.75, 3.05) is 32.7 Å². The largest absolute Gasteiger partial charge is 0.447 e. The van der Waals surface area contributed by atoms with Gasteiger partial charge in [0.15, 0.2) is 0 Å². The van der Waals surface area contributed by atoms with Gasteiger partial charge < -0.3 is 20.2 Å². The summed E-state index contributed by atoms with van der Waals surface area (Å²) in [5.41, 5.74) is 2.35. The maximum absolute atomic E-state index is 12.3. The molecule has 0 saturated heterocycles. The van der Waals surface area contributed by atoms with Crippen LogP contribution in [0.15, 0.2) is 82.7 Å². The van der Waals surface area contributed by atoms with Crippen molar-refractivity contribution in [1.82, 2.24) is 10.3 Å². The van der Waals surface area contributed by atoms with Crippen molar-refractivity contribution >= 4 is 41.2 Å². The van der Waals surface area contributed by atoms with Gasteiger partial charge in [0.1, 0.15) is 6.61 Å². The molecule has 2 aromatic carbocycles. The van der Waals surface area contributed by atoms with Gasteiger partial charge in [-0.05, 0) is 54.6 Å². The minimum absolute atomic E-state index is 0.0998. The van der Waals surface area contributed by atoms with E-state index in [0.29, 0.717) is 22.5 Å². The highest BCUT2D eigenvalue weighted by atomic mass is 32.2. The number of methoxy groups -OCH3 is 1. The number of ether oxygens (including phenoxy) is 2. The lowest BCUT2D eigenvalue weighted by Gasteiger charge is -2.14. The molecule has 3 rings (SSSR count). The Morgan fingerprint density at radius 2 is 1.86 bits per heavy atom. The van der Waals surface area contributed by atoms with E-state index in [1.807, 2.05) is 36.4 Å². The zero-order chi connectivity index (χ0) is 25.0. The van der Waals surface area contributed by atoms with Crippen LogP contribution in [-0.4, -0.2) is 50.1 Å². The molecule has 0 radical (unpaired) electrons. The molecule has 0 aliphatic rings. The molecule has 9 heteroatoms. The fourth-order valence-electron chi connectivity index (χ4n) is 3.03. The number of anilines is 1. The molecule has 0 atom stereocenters. The molecule has 8 nitrogen and oxygen atoms in total. The molecule has 0 unspecified atom stereocenters. The van der Waals surface area contributed by atoms with Gasteiger partial charge in [-0.1, -0.05) is 30.0 Å². The van der Waals surface area contributed by atoms with E-state index in [9.17, 15) is 9.59 Å². The molecule has 3 N–H and O–H groups in total. The average Bonchev–Trinajstić information content (AvgIpc) is 2.88. The number of nitrogens with one attached hydrogen (secondary N) is 3. The van der Waals surface area contributed by atoms with Crippen LogP contribution in [-0.2, 0) is 9.47 Å². The molecule has 0 aliphatic heterocycles. The molecular formula is C26H26N4O4S. The second-order valence-electron chi connectivity index (χ2n) is 7.14. The minimum Gasteiger partial charge on any atom is -0.447 e. The summed E-state index contributed by atoms with van der Waals surface area (Å²) in [6.45, 7) is 0.373. The van der Waals surface area contributed by atoms with Gasteiger partial charge >= 0.3 is 6.09 Å². The Balaban J connectivity index is 1.89. The maximum Gasteiger partial charge on any atom is 0.411 e. The van der Waals surface area contributed by atoms with Crippen molar-refractivity contribution in [2.24, 2.45) is 0 Å². The predicted octanol–water partition coefficient (Wildman–Crippen LogP) is 4.87. The first-order chi connectivity index (χ1) is 17.0. The third-order valence-electron chi connectivity index (χ3n) is 4.73. The van der Waals surface area contributed by atoms with Crippen molar-refractivity contribution in [3.8, 4) is 0 Å². The summed E-state index contributed by atoms with van der Waals surface area (Å²) >= 11 is 1.38. The van der Waals surface area contributed by atoms with Crippen LogP contribution in [0.25, 0.3) is 6.08 Å². The molecule has 1 heterocycles. The van der Waals surface area contributed by atoms with Crippen molar-refractivity contribution in [3.05, 3.63) is 89.8 Å². The molecule has 3 aromatic rings. The van der Waals surface area contributed by atoms with Gasteiger partial charge in [-0.25, -0.2) is 4.79 Å². The molecule has 1 aromatic heterocycles. The highest BCUT2D eigenvalue weighted by molar-refractivity contribution is 7.99. The molecule has 180 valence electrons. The van der Waals surface area contributed by atoms with Gasteiger partial charge in [0, 0.05) is 35.7 Å². The number of amides is 2. The Labute approximate surface area is 208 Å². The molecule has 35 heavy (non-hydrogen) atoms. The molecular weight excluding hydrogens is 464 g/mol. The van der Waals surface area contributed by atoms with Crippen LogP contribution in [0.1, 0.15) is 21.6 Å². The van der Waals surface area contributed by atoms with Gasteiger partial charge in [-0.15, -0.1) is 0 Å². The number of carbonyl (C=O) groups excluding carboxylic acids is 2. The summed E-state index contributed by atoms with van der Waals surface area (Å²) in [7, 11) is 3.10. The van der Waals surface area contributed by atoms with E-state index < -0.39 is 6.09 Å². The Morgan fingerprint density at radius 1 is 1.06 bits per heavy atom. The standard InChI is InChI=1S/C26H26N4O4S/c1-28-25(31)21-8-3-4-9-24(21)35-19-11-12-20(22(27)13-10-18-7-5-6-14-29-18)23(17-19)30-26(32)34-16-15-33-2/h3-14,17,27H,15-16H2,1-2H3,(H,28,31)(H,30,32)/b13-10+,27-22?.